The lowest BCUT2D eigenvalue weighted by Crippen LogP contribution is -1.90. The van der Waals surface area contributed by atoms with Crippen molar-refractivity contribution in [2.75, 3.05) is 13.7 Å². The van der Waals surface area contributed by atoms with Crippen LogP contribution in [0, 0.1) is 5.92 Å². The first-order chi connectivity index (χ1) is 6.76. The molecule has 1 aliphatic carbocycles. The predicted octanol–water partition coefficient (Wildman–Crippen LogP) is 2.55. The summed E-state index contributed by atoms with van der Waals surface area (Å²) in [4.78, 5) is 0. The highest BCUT2D eigenvalue weighted by molar-refractivity contribution is 9.10. The quantitative estimate of drug-likeness (QED) is 0.901. The standard InChI is InChI=1S/C11H13BrO2/c1-14-11-3-2-7(5-10(11)12)9-4-8(9)6-13/h2-3,5,8-9,13H,4,6H2,1H3. The summed E-state index contributed by atoms with van der Waals surface area (Å²) in [6.45, 7) is 0.300. The zero-order valence-electron chi connectivity index (χ0n) is 8.03. The van der Waals surface area contributed by atoms with E-state index in [0.717, 1.165) is 16.6 Å². The first kappa shape index (κ1) is 9.99. The number of hydrogen-bond donors (Lipinski definition) is 1. The van der Waals surface area contributed by atoms with Crippen molar-refractivity contribution in [1.29, 1.82) is 0 Å². The topological polar surface area (TPSA) is 29.5 Å². The Kier molecular flexibility index (Phi) is 2.79. The Morgan fingerprint density at radius 1 is 1.57 bits per heavy atom. The summed E-state index contributed by atoms with van der Waals surface area (Å²) in [7, 11) is 1.66. The molecule has 0 aromatic heterocycles. The van der Waals surface area contributed by atoms with Crippen molar-refractivity contribution >= 4 is 15.9 Å². The summed E-state index contributed by atoms with van der Waals surface area (Å²) >= 11 is 3.46. The van der Waals surface area contributed by atoms with Gasteiger partial charge >= 0.3 is 0 Å². The van der Waals surface area contributed by atoms with Gasteiger partial charge in [0.15, 0.2) is 0 Å². The lowest BCUT2D eigenvalue weighted by atomic mass is 10.1. The maximum absolute atomic E-state index is 8.97. The van der Waals surface area contributed by atoms with Crippen LogP contribution in [-0.2, 0) is 0 Å². The smallest absolute Gasteiger partial charge is 0.133 e. The van der Waals surface area contributed by atoms with Crippen LogP contribution in [0.4, 0.5) is 0 Å². The highest BCUT2D eigenvalue weighted by atomic mass is 79.9. The lowest BCUT2D eigenvalue weighted by Gasteiger charge is -2.05. The molecule has 0 amide bonds. The Hall–Kier alpha value is -0.540. The molecule has 1 N–H and O–H groups in total. The molecule has 1 saturated carbocycles. The zero-order chi connectivity index (χ0) is 10.1. The van der Waals surface area contributed by atoms with Gasteiger partial charge in [0, 0.05) is 6.61 Å². The third-order valence-corrected chi connectivity index (χ3v) is 3.38. The lowest BCUT2D eigenvalue weighted by molar-refractivity contribution is 0.274. The second kappa shape index (κ2) is 3.91. The van der Waals surface area contributed by atoms with Gasteiger partial charge in [-0.2, -0.15) is 0 Å². The van der Waals surface area contributed by atoms with Crippen molar-refractivity contribution in [2.24, 2.45) is 5.92 Å². The first-order valence-corrected chi connectivity index (χ1v) is 5.50. The van der Waals surface area contributed by atoms with E-state index in [9.17, 15) is 0 Å². The molecule has 1 aliphatic rings. The molecular weight excluding hydrogens is 244 g/mol. The molecule has 0 saturated heterocycles. The van der Waals surface area contributed by atoms with Crippen molar-refractivity contribution in [3.8, 4) is 5.75 Å². The van der Waals surface area contributed by atoms with Crippen LogP contribution in [0.1, 0.15) is 17.9 Å². The number of rotatable bonds is 3. The fourth-order valence-corrected chi connectivity index (χ4v) is 2.33. The van der Waals surface area contributed by atoms with E-state index < -0.39 is 0 Å². The Labute approximate surface area is 92.0 Å². The number of hydrogen-bond acceptors (Lipinski definition) is 2. The maximum atomic E-state index is 8.97. The monoisotopic (exact) mass is 256 g/mol. The largest absolute Gasteiger partial charge is 0.496 e. The number of benzene rings is 1. The highest BCUT2D eigenvalue weighted by Gasteiger charge is 2.37. The molecule has 14 heavy (non-hydrogen) atoms. The number of aliphatic hydroxyl groups excluding tert-OH is 1. The minimum absolute atomic E-state index is 0.300. The Morgan fingerprint density at radius 2 is 2.36 bits per heavy atom. The highest BCUT2D eigenvalue weighted by Crippen LogP contribution is 2.48. The second-order valence-corrected chi connectivity index (χ2v) is 4.53. The molecule has 0 heterocycles. The molecule has 2 nitrogen and oxygen atoms in total. The third-order valence-electron chi connectivity index (χ3n) is 2.76. The summed E-state index contributed by atoms with van der Waals surface area (Å²) < 4.78 is 6.14. The van der Waals surface area contributed by atoms with Gasteiger partial charge in [-0.15, -0.1) is 0 Å². The Balaban J connectivity index is 2.17. The van der Waals surface area contributed by atoms with Crippen LogP contribution in [0.3, 0.4) is 0 Å². The van der Waals surface area contributed by atoms with Gasteiger partial charge in [-0.25, -0.2) is 0 Å². The minimum Gasteiger partial charge on any atom is -0.496 e. The van der Waals surface area contributed by atoms with Gasteiger partial charge in [0.05, 0.1) is 11.6 Å². The van der Waals surface area contributed by atoms with Crippen LogP contribution in [0.15, 0.2) is 22.7 Å². The second-order valence-electron chi connectivity index (χ2n) is 3.68. The van der Waals surface area contributed by atoms with Crippen molar-refractivity contribution in [3.05, 3.63) is 28.2 Å². The van der Waals surface area contributed by atoms with Crippen LogP contribution in [-0.4, -0.2) is 18.8 Å². The Bertz CT molecular complexity index is 338. The molecule has 2 atom stereocenters. The Morgan fingerprint density at radius 3 is 2.86 bits per heavy atom. The van der Waals surface area contributed by atoms with E-state index in [4.69, 9.17) is 9.84 Å². The number of halogens is 1. The molecule has 1 fully saturated rings. The molecular formula is C11H13BrO2. The molecule has 0 radical (unpaired) electrons. The SMILES string of the molecule is COc1ccc(C2CC2CO)cc1Br. The van der Waals surface area contributed by atoms with Gasteiger partial charge in [0.25, 0.3) is 0 Å². The molecule has 76 valence electrons. The molecule has 3 heteroatoms. The molecule has 2 rings (SSSR count). The average molecular weight is 257 g/mol. The van der Waals surface area contributed by atoms with Gasteiger partial charge in [0.1, 0.15) is 5.75 Å². The molecule has 0 aliphatic heterocycles. The van der Waals surface area contributed by atoms with E-state index in [1.54, 1.807) is 7.11 Å². The van der Waals surface area contributed by atoms with Crippen LogP contribution in [0.2, 0.25) is 0 Å². The third kappa shape index (κ3) is 1.79. The number of methoxy groups -OCH3 is 1. The predicted molar refractivity (Wildman–Crippen MR) is 58.6 cm³/mol. The summed E-state index contributed by atoms with van der Waals surface area (Å²) in [5, 5.41) is 8.97. The van der Waals surface area contributed by atoms with Crippen molar-refractivity contribution in [1.82, 2.24) is 0 Å². The average Bonchev–Trinajstić information content (AvgIpc) is 2.96. The molecule has 0 bridgehead atoms. The van der Waals surface area contributed by atoms with Crippen molar-refractivity contribution in [2.45, 2.75) is 12.3 Å². The van der Waals surface area contributed by atoms with Crippen molar-refractivity contribution in [3.63, 3.8) is 0 Å². The maximum Gasteiger partial charge on any atom is 0.133 e. The molecule has 0 spiro atoms. The van der Waals surface area contributed by atoms with Gasteiger partial charge in [-0.3, -0.25) is 0 Å². The molecule has 1 aromatic carbocycles. The van der Waals surface area contributed by atoms with E-state index in [1.807, 2.05) is 6.07 Å². The van der Waals surface area contributed by atoms with E-state index in [-0.39, 0.29) is 0 Å². The fraction of sp³-hybridized carbons (Fsp3) is 0.455. The van der Waals surface area contributed by atoms with E-state index in [0.29, 0.717) is 18.4 Å². The summed E-state index contributed by atoms with van der Waals surface area (Å²) in [6.07, 6.45) is 1.11. The first-order valence-electron chi connectivity index (χ1n) is 4.70. The summed E-state index contributed by atoms with van der Waals surface area (Å²) in [6, 6.07) is 6.12. The van der Waals surface area contributed by atoms with Gasteiger partial charge in [0.2, 0.25) is 0 Å². The van der Waals surface area contributed by atoms with E-state index in [2.05, 4.69) is 28.1 Å². The normalized spacial score (nSPS) is 24.8. The van der Waals surface area contributed by atoms with Gasteiger partial charge in [-0.1, -0.05) is 6.07 Å². The zero-order valence-corrected chi connectivity index (χ0v) is 9.62. The van der Waals surface area contributed by atoms with Gasteiger partial charge in [-0.05, 0) is 51.9 Å². The number of ether oxygens (including phenoxy) is 1. The molecule has 2 unspecified atom stereocenters. The van der Waals surface area contributed by atoms with Crippen LogP contribution in [0.5, 0.6) is 5.75 Å². The fourth-order valence-electron chi connectivity index (χ4n) is 1.77. The van der Waals surface area contributed by atoms with Gasteiger partial charge < -0.3 is 9.84 Å². The van der Waals surface area contributed by atoms with Crippen LogP contribution in [0.25, 0.3) is 0 Å². The minimum atomic E-state index is 0.300. The van der Waals surface area contributed by atoms with Crippen molar-refractivity contribution < 1.29 is 9.84 Å². The van der Waals surface area contributed by atoms with Crippen LogP contribution < -0.4 is 4.74 Å². The number of aliphatic hydroxyl groups is 1. The molecule has 1 aromatic rings. The summed E-state index contributed by atoms with van der Waals surface area (Å²) in [5.41, 5.74) is 1.29. The van der Waals surface area contributed by atoms with E-state index >= 15 is 0 Å². The van der Waals surface area contributed by atoms with E-state index in [1.165, 1.54) is 5.56 Å². The van der Waals surface area contributed by atoms with Crippen LogP contribution >= 0.6 is 15.9 Å². The summed E-state index contributed by atoms with van der Waals surface area (Å²) in [5.74, 6) is 1.87.